The molecule has 5 rings (SSSR count). The first-order valence-electron chi connectivity index (χ1n) is 22.3. The molecule has 67 heavy (non-hydrogen) atoms. The number of esters is 3. The van der Waals surface area contributed by atoms with Gasteiger partial charge in [-0.25, -0.2) is 0 Å². The number of rotatable bonds is 24. The molecule has 3 aromatic carbocycles. The zero-order chi connectivity index (χ0) is 48.5. The van der Waals surface area contributed by atoms with Crippen molar-refractivity contribution in [3.05, 3.63) is 95.6 Å². The van der Waals surface area contributed by atoms with Crippen molar-refractivity contribution >= 4 is 29.7 Å². The molecule has 2 fully saturated rings. The zero-order valence-corrected chi connectivity index (χ0v) is 39.1. The first kappa shape index (κ1) is 52.3. The Morgan fingerprint density at radius 3 is 1.81 bits per heavy atom. The lowest BCUT2D eigenvalue weighted by Gasteiger charge is -2.44. The second-order valence-electron chi connectivity index (χ2n) is 16.3. The number of carbonyl (C=O) groups excluding carboxylic acids is 5. The Hall–Kier alpha value is -5.63. The van der Waals surface area contributed by atoms with Crippen molar-refractivity contribution in [2.75, 3.05) is 47.7 Å². The van der Waals surface area contributed by atoms with Crippen molar-refractivity contribution in [3.8, 4) is 11.5 Å². The molecule has 0 saturated carbocycles. The third-order valence-corrected chi connectivity index (χ3v) is 11.5. The standard InChI is InChI=1S/C49H64N2O16/c1-30(52)51-43-47(65-33(4)55)46(64-32(3)54)41(28-62-31(2)53)67-48(43)61-27-12-11-17-42(56)50-26-13-16-39-45(60-7)44(57)40(66-39)29-63-49(34-14-9-8-10-15-34,35-18-22-37(58-5)23-19-35)36-20-24-38(59-6)25-21-36/h8-10,14-15,18-25,39-41,43-48,57H,11-13,16-17,26-29H2,1-7H3,(H,50,56)(H,51,52)/t39-,40+,41+,43+,44+,45-,46-,47+,48+/m0/s1. The molecule has 3 N–H and O–H groups in total. The Bertz CT molecular complexity index is 2000. The van der Waals surface area contributed by atoms with E-state index in [-0.39, 0.29) is 32.1 Å². The molecule has 3 aromatic rings. The van der Waals surface area contributed by atoms with Crippen LogP contribution < -0.4 is 20.1 Å². The fraction of sp³-hybridized carbons (Fsp3) is 0.531. The van der Waals surface area contributed by atoms with Gasteiger partial charge in [0.1, 0.15) is 54.2 Å². The van der Waals surface area contributed by atoms with E-state index >= 15 is 0 Å². The van der Waals surface area contributed by atoms with Crippen LogP contribution in [0.25, 0.3) is 0 Å². The van der Waals surface area contributed by atoms with Crippen molar-refractivity contribution in [2.45, 2.75) is 120 Å². The van der Waals surface area contributed by atoms with E-state index in [0.29, 0.717) is 43.7 Å². The molecular formula is C49H64N2O16. The van der Waals surface area contributed by atoms with Crippen LogP contribution in [0.1, 0.15) is 76.5 Å². The Kier molecular flexibility index (Phi) is 19.9. The van der Waals surface area contributed by atoms with Gasteiger partial charge in [0.05, 0.1) is 26.9 Å². The monoisotopic (exact) mass is 936 g/mol. The summed E-state index contributed by atoms with van der Waals surface area (Å²) in [5.74, 6) is -1.33. The van der Waals surface area contributed by atoms with Crippen molar-refractivity contribution in [1.82, 2.24) is 10.6 Å². The van der Waals surface area contributed by atoms with Gasteiger partial charge in [-0.1, -0.05) is 54.6 Å². The molecule has 0 aliphatic carbocycles. The largest absolute Gasteiger partial charge is 0.497 e. The lowest BCUT2D eigenvalue weighted by molar-refractivity contribution is -0.277. The van der Waals surface area contributed by atoms with E-state index < -0.39 is 84.5 Å². The molecule has 2 aliphatic heterocycles. The van der Waals surface area contributed by atoms with Gasteiger partial charge in [0.15, 0.2) is 18.5 Å². The predicted octanol–water partition coefficient (Wildman–Crippen LogP) is 3.90. The summed E-state index contributed by atoms with van der Waals surface area (Å²) in [6.07, 6.45) is -5.53. The Labute approximate surface area is 391 Å². The molecule has 2 amide bonds. The fourth-order valence-electron chi connectivity index (χ4n) is 8.40. The van der Waals surface area contributed by atoms with Crippen LogP contribution in [0.5, 0.6) is 11.5 Å². The highest BCUT2D eigenvalue weighted by Crippen LogP contribution is 2.42. The first-order chi connectivity index (χ1) is 32.2. The molecule has 0 spiro atoms. The number of aliphatic hydroxyl groups is 1. The van der Waals surface area contributed by atoms with Gasteiger partial charge >= 0.3 is 17.9 Å². The van der Waals surface area contributed by atoms with E-state index in [0.717, 1.165) is 30.5 Å². The van der Waals surface area contributed by atoms with Gasteiger partial charge in [-0.05, 0) is 66.6 Å². The summed E-state index contributed by atoms with van der Waals surface area (Å²) in [6.45, 7) is 4.87. The first-order valence-corrected chi connectivity index (χ1v) is 22.3. The fourth-order valence-corrected chi connectivity index (χ4v) is 8.40. The smallest absolute Gasteiger partial charge is 0.303 e. The van der Waals surface area contributed by atoms with Crippen LogP contribution in [0.15, 0.2) is 78.9 Å². The molecule has 0 unspecified atom stereocenters. The molecule has 0 aromatic heterocycles. The number of methoxy groups -OCH3 is 3. The van der Waals surface area contributed by atoms with Gasteiger partial charge < -0.3 is 63.1 Å². The number of benzene rings is 3. The van der Waals surface area contributed by atoms with Crippen molar-refractivity contribution < 1.29 is 76.4 Å². The van der Waals surface area contributed by atoms with Gasteiger partial charge in [0.2, 0.25) is 11.8 Å². The SMILES string of the molecule is COc1ccc(C(OC[C@H]2O[C@@H](CCCNC(=O)CCCCO[C@@H]3O[C@H](COC(C)=O)[C@H](OC(C)=O)[C@H](OC(C)=O)[C@H]3NC(C)=O)[C@H](OC)[C@@H]2O)(c2ccccc2)c2ccc(OC)cc2)cc1. The summed E-state index contributed by atoms with van der Waals surface area (Å²) < 4.78 is 58.2. The number of ether oxygens (including phenoxy) is 10. The second kappa shape index (κ2) is 25.5. The van der Waals surface area contributed by atoms with E-state index in [4.69, 9.17) is 47.4 Å². The topological polar surface area (TPSA) is 222 Å². The normalized spacial score (nSPS) is 23.7. The Morgan fingerprint density at radius 2 is 1.25 bits per heavy atom. The van der Waals surface area contributed by atoms with Crippen LogP contribution >= 0.6 is 0 Å². The summed E-state index contributed by atoms with van der Waals surface area (Å²) in [6, 6.07) is 24.1. The number of carbonyl (C=O) groups is 5. The summed E-state index contributed by atoms with van der Waals surface area (Å²) in [5.41, 5.74) is 1.43. The highest BCUT2D eigenvalue weighted by Gasteiger charge is 2.51. The van der Waals surface area contributed by atoms with E-state index in [9.17, 15) is 29.1 Å². The minimum absolute atomic E-state index is 0.0160. The van der Waals surface area contributed by atoms with E-state index in [1.54, 1.807) is 14.2 Å². The Balaban J connectivity index is 1.14. The quantitative estimate of drug-likeness (QED) is 0.0502. The summed E-state index contributed by atoms with van der Waals surface area (Å²) in [7, 11) is 4.75. The highest BCUT2D eigenvalue weighted by molar-refractivity contribution is 5.75. The number of unbranched alkanes of at least 4 members (excludes halogenated alkanes) is 1. The maximum atomic E-state index is 12.9. The summed E-state index contributed by atoms with van der Waals surface area (Å²) >= 11 is 0. The molecule has 9 atom stereocenters. The van der Waals surface area contributed by atoms with Crippen molar-refractivity contribution in [3.63, 3.8) is 0 Å². The molecule has 0 bridgehead atoms. The van der Waals surface area contributed by atoms with Crippen LogP contribution in [-0.4, -0.2) is 138 Å². The minimum atomic E-state index is -1.24. The predicted molar refractivity (Wildman–Crippen MR) is 240 cm³/mol. The number of aliphatic hydroxyl groups excluding tert-OH is 1. The van der Waals surface area contributed by atoms with Gasteiger partial charge in [0.25, 0.3) is 0 Å². The van der Waals surface area contributed by atoms with E-state index in [2.05, 4.69) is 10.6 Å². The van der Waals surface area contributed by atoms with E-state index in [1.165, 1.54) is 21.0 Å². The molecule has 18 nitrogen and oxygen atoms in total. The summed E-state index contributed by atoms with van der Waals surface area (Å²) in [5, 5.41) is 17.1. The van der Waals surface area contributed by atoms with Gasteiger partial charge in [-0.2, -0.15) is 0 Å². The summed E-state index contributed by atoms with van der Waals surface area (Å²) in [4.78, 5) is 60.8. The molecule has 2 saturated heterocycles. The molecule has 18 heteroatoms. The number of hydrogen-bond donors (Lipinski definition) is 3. The molecule has 366 valence electrons. The van der Waals surface area contributed by atoms with Crippen molar-refractivity contribution in [2.24, 2.45) is 0 Å². The lowest BCUT2D eigenvalue weighted by Crippen LogP contribution is -2.66. The number of hydrogen-bond acceptors (Lipinski definition) is 16. The molecule has 0 radical (unpaired) electrons. The average Bonchev–Trinajstić information content (AvgIpc) is 3.62. The van der Waals surface area contributed by atoms with Crippen LogP contribution in [0.4, 0.5) is 0 Å². The maximum Gasteiger partial charge on any atom is 0.303 e. The number of amides is 2. The van der Waals surface area contributed by atoms with Crippen LogP contribution in [-0.2, 0) is 67.5 Å². The van der Waals surface area contributed by atoms with Crippen LogP contribution in [0.2, 0.25) is 0 Å². The lowest BCUT2D eigenvalue weighted by atomic mass is 9.80. The van der Waals surface area contributed by atoms with E-state index in [1.807, 2.05) is 78.9 Å². The molecule has 2 heterocycles. The highest BCUT2D eigenvalue weighted by atomic mass is 16.7. The maximum absolute atomic E-state index is 12.9. The third kappa shape index (κ3) is 14.2. The molecule has 2 aliphatic rings. The minimum Gasteiger partial charge on any atom is -0.497 e. The number of nitrogens with one attached hydrogen (secondary N) is 2. The zero-order valence-electron chi connectivity index (χ0n) is 39.1. The van der Waals surface area contributed by atoms with Gasteiger partial charge in [-0.15, -0.1) is 0 Å². The average molecular weight is 937 g/mol. The van der Waals surface area contributed by atoms with Crippen LogP contribution in [0, 0.1) is 0 Å². The van der Waals surface area contributed by atoms with Crippen molar-refractivity contribution in [1.29, 1.82) is 0 Å². The molecular weight excluding hydrogens is 873 g/mol. The third-order valence-electron chi connectivity index (χ3n) is 11.5. The Morgan fingerprint density at radius 1 is 0.657 bits per heavy atom. The van der Waals surface area contributed by atoms with Crippen LogP contribution in [0.3, 0.4) is 0 Å². The van der Waals surface area contributed by atoms with Gasteiger partial charge in [0, 0.05) is 54.4 Å². The second-order valence-corrected chi connectivity index (χ2v) is 16.3. The van der Waals surface area contributed by atoms with Gasteiger partial charge in [-0.3, -0.25) is 24.0 Å².